The maximum absolute atomic E-state index is 12.4. The summed E-state index contributed by atoms with van der Waals surface area (Å²) in [5.74, 6) is 0. The van der Waals surface area contributed by atoms with Crippen molar-refractivity contribution in [2.24, 2.45) is 0 Å². The molecule has 4 nitrogen and oxygen atoms in total. The third-order valence-corrected chi connectivity index (χ3v) is 4.16. The largest absolute Gasteiger partial charge is 0.445 e. The number of alkyl halides is 3. The molecule has 1 aromatic heterocycles. The van der Waals surface area contributed by atoms with E-state index < -0.39 is 11.2 Å². The van der Waals surface area contributed by atoms with Gasteiger partial charge in [-0.25, -0.2) is 0 Å². The third-order valence-electron chi connectivity index (χ3n) is 3.23. The number of halogens is 3. The highest BCUT2D eigenvalue weighted by Gasteiger charge is 2.35. The number of anilines is 1. The van der Waals surface area contributed by atoms with Gasteiger partial charge in [0.2, 0.25) is 10.1 Å². The second kappa shape index (κ2) is 6.04. The van der Waals surface area contributed by atoms with Gasteiger partial charge < -0.3 is 5.32 Å². The van der Waals surface area contributed by atoms with Gasteiger partial charge in [0.05, 0.1) is 0 Å². The van der Waals surface area contributed by atoms with Crippen LogP contribution in [0.4, 0.5) is 18.3 Å². The summed E-state index contributed by atoms with van der Waals surface area (Å²) in [6.45, 7) is 4.79. The van der Waals surface area contributed by atoms with Crippen molar-refractivity contribution in [3.63, 3.8) is 0 Å². The summed E-state index contributed by atoms with van der Waals surface area (Å²) < 4.78 is 37.1. The average Bonchev–Trinajstić information content (AvgIpc) is 2.86. The lowest BCUT2D eigenvalue weighted by atomic mass is 10.1. The first-order chi connectivity index (χ1) is 8.97. The monoisotopic (exact) mass is 294 g/mol. The van der Waals surface area contributed by atoms with Gasteiger partial charge in [-0.3, -0.25) is 4.90 Å². The van der Waals surface area contributed by atoms with E-state index in [4.69, 9.17) is 0 Å². The zero-order valence-electron chi connectivity index (χ0n) is 10.7. The Labute approximate surface area is 114 Å². The number of hydrogen-bond donors (Lipinski definition) is 1. The number of aromatic nitrogens is 2. The van der Waals surface area contributed by atoms with Crippen LogP contribution in [0.1, 0.15) is 31.2 Å². The van der Waals surface area contributed by atoms with Crippen molar-refractivity contribution in [3.8, 4) is 0 Å². The number of nitrogens with zero attached hydrogens (tertiary/aromatic N) is 3. The Hall–Kier alpha value is -0.890. The SMILES string of the molecule is CC(CNc1nnc(C(F)(F)F)s1)N1CCCCC1. The molecule has 8 heteroatoms. The van der Waals surface area contributed by atoms with Gasteiger partial charge in [0.25, 0.3) is 0 Å². The summed E-state index contributed by atoms with van der Waals surface area (Å²) in [7, 11) is 0. The molecule has 1 unspecified atom stereocenters. The van der Waals surface area contributed by atoms with Gasteiger partial charge >= 0.3 is 6.18 Å². The summed E-state index contributed by atoms with van der Waals surface area (Å²) >= 11 is 0.552. The maximum Gasteiger partial charge on any atom is 0.445 e. The van der Waals surface area contributed by atoms with Gasteiger partial charge in [-0.15, -0.1) is 10.2 Å². The van der Waals surface area contributed by atoms with Gasteiger partial charge in [0.1, 0.15) is 0 Å². The molecule has 0 radical (unpaired) electrons. The summed E-state index contributed by atoms with van der Waals surface area (Å²) in [5, 5.41) is 8.93. The van der Waals surface area contributed by atoms with Crippen LogP contribution in [0.3, 0.4) is 0 Å². The van der Waals surface area contributed by atoms with E-state index in [2.05, 4.69) is 27.3 Å². The van der Waals surface area contributed by atoms with Crippen LogP contribution in [0.2, 0.25) is 0 Å². The first kappa shape index (κ1) is 14.5. The Morgan fingerprint density at radius 1 is 1.26 bits per heavy atom. The minimum atomic E-state index is -4.41. The molecule has 0 bridgehead atoms. The molecule has 1 aliphatic heterocycles. The van der Waals surface area contributed by atoms with Gasteiger partial charge in [-0.2, -0.15) is 13.2 Å². The van der Waals surface area contributed by atoms with Crippen LogP contribution in [0.25, 0.3) is 0 Å². The van der Waals surface area contributed by atoms with E-state index in [1.807, 2.05) is 0 Å². The van der Waals surface area contributed by atoms with E-state index in [-0.39, 0.29) is 5.13 Å². The van der Waals surface area contributed by atoms with E-state index in [1.54, 1.807) is 0 Å². The van der Waals surface area contributed by atoms with Crippen LogP contribution < -0.4 is 5.32 Å². The molecule has 0 amide bonds. The topological polar surface area (TPSA) is 41.1 Å². The molecular weight excluding hydrogens is 277 g/mol. The second-order valence-electron chi connectivity index (χ2n) is 4.74. The van der Waals surface area contributed by atoms with Crippen LogP contribution in [0.5, 0.6) is 0 Å². The van der Waals surface area contributed by atoms with Crippen LogP contribution >= 0.6 is 11.3 Å². The molecule has 1 aromatic rings. The lowest BCUT2D eigenvalue weighted by Crippen LogP contribution is -2.41. The van der Waals surface area contributed by atoms with Crippen molar-refractivity contribution in [2.45, 2.75) is 38.4 Å². The van der Waals surface area contributed by atoms with Crippen LogP contribution in [0, 0.1) is 0 Å². The molecule has 0 aliphatic carbocycles. The lowest BCUT2D eigenvalue weighted by Gasteiger charge is -2.32. The molecule has 1 aliphatic rings. The molecule has 1 N–H and O–H groups in total. The van der Waals surface area contributed by atoms with Crippen LogP contribution in [0.15, 0.2) is 0 Å². The highest BCUT2D eigenvalue weighted by Crippen LogP contribution is 2.32. The molecule has 0 saturated carbocycles. The number of hydrogen-bond acceptors (Lipinski definition) is 5. The molecule has 1 saturated heterocycles. The third kappa shape index (κ3) is 4.04. The highest BCUT2D eigenvalue weighted by atomic mass is 32.1. The first-order valence-corrected chi connectivity index (χ1v) is 7.17. The summed E-state index contributed by atoms with van der Waals surface area (Å²) in [6, 6.07) is 0.290. The van der Waals surface area contributed by atoms with Crippen molar-refractivity contribution < 1.29 is 13.2 Å². The Kier molecular flexibility index (Phi) is 4.62. The van der Waals surface area contributed by atoms with E-state index in [0.29, 0.717) is 23.9 Å². The normalized spacial score (nSPS) is 19.4. The summed E-state index contributed by atoms with van der Waals surface area (Å²) in [6.07, 6.45) is -0.749. The predicted molar refractivity (Wildman–Crippen MR) is 68.3 cm³/mol. The Morgan fingerprint density at radius 3 is 2.53 bits per heavy atom. The van der Waals surface area contributed by atoms with Crippen LogP contribution in [-0.4, -0.2) is 40.8 Å². The van der Waals surface area contributed by atoms with Crippen LogP contribution in [-0.2, 0) is 6.18 Å². The summed E-state index contributed by atoms with van der Waals surface area (Å²) in [4.78, 5) is 2.35. The molecular formula is C11H17F3N4S. The minimum Gasteiger partial charge on any atom is -0.359 e. The van der Waals surface area contributed by atoms with Crippen molar-refractivity contribution in [2.75, 3.05) is 25.0 Å². The van der Waals surface area contributed by atoms with Crippen molar-refractivity contribution >= 4 is 16.5 Å². The molecule has 2 heterocycles. The van der Waals surface area contributed by atoms with E-state index in [0.717, 1.165) is 13.1 Å². The van der Waals surface area contributed by atoms with Crippen molar-refractivity contribution in [1.29, 1.82) is 0 Å². The molecule has 2 rings (SSSR count). The van der Waals surface area contributed by atoms with Gasteiger partial charge in [0, 0.05) is 12.6 Å². The molecule has 1 atom stereocenters. The fraction of sp³-hybridized carbons (Fsp3) is 0.818. The van der Waals surface area contributed by atoms with Gasteiger partial charge in [-0.1, -0.05) is 17.8 Å². The van der Waals surface area contributed by atoms with Crippen molar-refractivity contribution in [3.05, 3.63) is 5.01 Å². The zero-order valence-corrected chi connectivity index (χ0v) is 11.5. The first-order valence-electron chi connectivity index (χ1n) is 6.35. The quantitative estimate of drug-likeness (QED) is 0.927. The van der Waals surface area contributed by atoms with E-state index >= 15 is 0 Å². The number of nitrogens with one attached hydrogen (secondary N) is 1. The zero-order chi connectivity index (χ0) is 13.9. The fourth-order valence-electron chi connectivity index (χ4n) is 2.13. The maximum atomic E-state index is 12.4. The number of piperidine rings is 1. The predicted octanol–water partition coefficient (Wildman–Crippen LogP) is 2.84. The molecule has 0 aromatic carbocycles. The molecule has 1 fully saturated rings. The van der Waals surface area contributed by atoms with E-state index in [9.17, 15) is 13.2 Å². The highest BCUT2D eigenvalue weighted by molar-refractivity contribution is 7.15. The van der Waals surface area contributed by atoms with Crippen molar-refractivity contribution in [1.82, 2.24) is 15.1 Å². The van der Waals surface area contributed by atoms with Gasteiger partial charge in [0.15, 0.2) is 0 Å². The standard InChI is InChI=1S/C11H17F3N4S/c1-8(18-5-3-2-4-6-18)7-15-10-17-16-9(19-10)11(12,13)14/h8H,2-7H2,1H3,(H,15,17). The number of rotatable bonds is 4. The second-order valence-corrected chi connectivity index (χ2v) is 5.71. The summed E-state index contributed by atoms with van der Waals surface area (Å²) in [5.41, 5.74) is 0. The van der Waals surface area contributed by atoms with E-state index in [1.165, 1.54) is 19.3 Å². The number of likely N-dealkylation sites (tertiary alicyclic amines) is 1. The fourth-order valence-corrected chi connectivity index (χ4v) is 2.75. The lowest BCUT2D eigenvalue weighted by molar-refractivity contribution is -0.138. The Morgan fingerprint density at radius 2 is 1.95 bits per heavy atom. The average molecular weight is 294 g/mol. The Bertz CT molecular complexity index is 401. The smallest absolute Gasteiger partial charge is 0.359 e. The van der Waals surface area contributed by atoms with Gasteiger partial charge in [-0.05, 0) is 32.9 Å². The molecule has 108 valence electrons. The minimum absolute atomic E-state index is 0.233. The molecule has 19 heavy (non-hydrogen) atoms. The Balaban J connectivity index is 1.83. The molecule has 0 spiro atoms.